The molecule has 2 rings (SSSR count). The molecule has 0 saturated carbocycles. The van der Waals surface area contributed by atoms with Gasteiger partial charge >= 0.3 is 6.09 Å². The number of H-pyrrole nitrogens is 1. The lowest BCUT2D eigenvalue weighted by Gasteiger charge is -2.35. The molecule has 134 valence electrons. The Kier molecular flexibility index (Phi) is 6.04. The number of ketones is 1. The molecule has 1 aromatic rings. The van der Waals surface area contributed by atoms with Gasteiger partial charge in [-0.3, -0.25) is 9.69 Å². The maximum Gasteiger partial charge on any atom is 0.410 e. The number of carbonyl (C=O) groups excluding carboxylic acids is 2. The Morgan fingerprint density at radius 2 is 2.17 bits per heavy atom. The summed E-state index contributed by atoms with van der Waals surface area (Å²) in [7, 11) is 1.95. The average Bonchev–Trinajstić information content (AvgIpc) is 2.99. The van der Waals surface area contributed by atoms with Crippen molar-refractivity contribution in [2.24, 2.45) is 5.92 Å². The predicted octanol–water partition coefficient (Wildman–Crippen LogP) is 2.78. The van der Waals surface area contributed by atoms with Crippen molar-refractivity contribution in [1.29, 1.82) is 0 Å². The molecule has 6 heteroatoms. The number of likely N-dealkylation sites (tertiary alicyclic amines) is 1. The van der Waals surface area contributed by atoms with Crippen LogP contribution in [0.15, 0.2) is 18.3 Å². The Hall–Kier alpha value is -1.82. The van der Waals surface area contributed by atoms with Crippen molar-refractivity contribution in [2.45, 2.75) is 39.2 Å². The summed E-state index contributed by atoms with van der Waals surface area (Å²) in [5.41, 5.74) is 0.171. The van der Waals surface area contributed by atoms with Crippen LogP contribution >= 0.6 is 0 Å². The highest BCUT2D eigenvalue weighted by atomic mass is 16.6. The Labute approximate surface area is 144 Å². The lowest BCUT2D eigenvalue weighted by molar-refractivity contribution is 0.0149. The van der Waals surface area contributed by atoms with Gasteiger partial charge in [0.2, 0.25) is 0 Å². The molecular weight excluding hydrogens is 306 g/mol. The number of aromatic nitrogens is 1. The van der Waals surface area contributed by atoms with Crippen LogP contribution in [0.2, 0.25) is 0 Å². The van der Waals surface area contributed by atoms with E-state index in [1.807, 2.05) is 38.8 Å². The van der Waals surface area contributed by atoms with E-state index in [2.05, 4.69) is 4.98 Å². The zero-order valence-corrected chi connectivity index (χ0v) is 15.2. The Morgan fingerprint density at radius 1 is 1.42 bits per heavy atom. The van der Waals surface area contributed by atoms with E-state index in [0.717, 1.165) is 25.9 Å². The molecular formula is C18H29N3O3. The first-order valence-electron chi connectivity index (χ1n) is 8.57. The monoisotopic (exact) mass is 335 g/mol. The maximum absolute atomic E-state index is 12.2. The van der Waals surface area contributed by atoms with Gasteiger partial charge in [-0.05, 0) is 58.7 Å². The number of hydrogen-bond acceptors (Lipinski definition) is 4. The van der Waals surface area contributed by atoms with E-state index < -0.39 is 5.60 Å². The lowest BCUT2D eigenvalue weighted by atomic mass is 9.97. The molecule has 1 aliphatic heterocycles. The van der Waals surface area contributed by atoms with Crippen LogP contribution in [0.1, 0.15) is 44.1 Å². The van der Waals surface area contributed by atoms with Crippen LogP contribution < -0.4 is 0 Å². The highest BCUT2D eigenvalue weighted by Gasteiger charge is 2.28. The molecule has 0 radical (unpaired) electrons. The standard InChI is InChI=1S/C18H29N3O3/c1-18(2,3)24-17(23)21-10-6-7-14(12-21)11-20(4)13-16(22)15-8-5-9-19-15/h5,8-9,14,19H,6-7,10-13H2,1-4H3/t14-/m1/s1. The van der Waals surface area contributed by atoms with Crippen molar-refractivity contribution in [1.82, 2.24) is 14.8 Å². The molecule has 0 spiro atoms. The van der Waals surface area contributed by atoms with Gasteiger partial charge in [0.15, 0.2) is 5.78 Å². The van der Waals surface area contributed by atoms with Gasteiger partial charge in [-0.25, -0.2) is 4.79 Å². The third-order valence-electron chi connectivity index (χ3n) is 4.05. The molecule has 0 bridgehead atoms. The second-order valence-electron chi connectivity index (χ2n) is 7.64. The highest BCUT2D eigenvalue weighted by molar-refractivity contribution is 5.95. The maximum atomic E-state index is 12.2. The van der Waals surface area contributed by atoms with Crippen LogP contribution in [0, 0.1) is 5.92 Å². The van der Waals surface area contributed by atoms with E-state index in [-0.39, 0.29) is 11.9 Å². The van der Waals surface area contributed by atoms with Gasteiger partial charge in [-0.15, -0.1) is 0 Å². The lowest BCUT2D eigenvalue weighted by Crippen LogP contribution is -2.45. The number of nitrogens with one attached hydrogen (secondary N) is 1. The fourth-order valence-corrected chi connectivity index (χ4v) is 3.05. The normalized spacial score (nSPS) is 18.7. The number of aromatic amines is 1. The first-order chi connectivity index (χ1) is 11.2. The summed E-state index contributed by atoms with van der Waals surface area (Å²) in [5.74, 6) is 0.454. The van der Waals surface area contributed by atoms with Crippen molar-refractivity contribution >= 4 is 11.9 Å². The van der Waals surface area contributed by atoms with E-state index in [4.69, 9.17) is 4.74 Å². The zero-order chi connectivity index (χ0) is 17.7. The number of piperidine rings is 1. The molecule has 0 aliphatic carbocycles. The van der Waals surface area contributed by atoms with E-state index in [0.29, 0.717) is 24.7 Å². The number of likely N-dealkylation sites (N-methyl/N-ethyl adjacent to an activating group) is 1. The molecule has 1 fully saturated rings. The summed E-state index contributed by atoms with van der Waals surface area (Å²) in [5, 5.41) is 0. The second-order valence-corrected chi connectivity index (χ2v) is 7.64. The summed E-state index contributed by atoms with van der Waals surface area (Å²) in [6.45, 7) is 8.26. The summed E-state index contributed by atoms with van der Waals surface area (Å²) in [4.78, 5) is 31.1. The molecule has 0 unspecified atom stereocenters. The molecule has 1 N–H and O–H groups in total. The van der Waals surface area contributed by atoms with Crippen LogP contribution in [0.25, 0.3) is 0 Å². The minimum absolute atomic E-state index is 0.0855. The summed E-state index contributed by atoms with van der Waals surface area (Å²) in [6.07, 6.45) is 3.56. The SMILES string of the molecule is CN(CC(=O)c1ccc[nH]1)C[C@H]1CCCN(C(=O)OC(C)(C)C)C1. The Morgan fingerprint density at radius 3 is 2.79 bits per heavy atom. The van der Waals surface area contributed by atoms with Crippen molar-refractivity contribution < 1.29 is 14.3 Å². The van der Waals surface area contributed by atoms with Gasteiger partial charge in [0.25, 0.3) is 0 Å². The van der Waals surface area contributed by atoms with Crippen LogP contribution in [0.3, 0.4) is 0 Å². The third kappa shape index (κ3) is 5.67. The van der Waals surface area contributed by atoms with Gasteiger partial charge in [0.05, 0.1) is 12.2 Å². The van der Waals surface area contributed by atoms with Crippen LogP contribution in [-0.2, 0) is 4.74 Å². The molecule has 1 atom stereocenters. The van der Waals surface area contributed by atoms with E-state index >= 15 is 0 Å². The van der Waals surface area contributed by atoms with E-state index in [9.17, 15) is 9.59 Å². The number of nitrogens with zero attached hydrogens (tertiary/aromatic N) is 2. The highest BCUT2D eigenvalue weighted by Crippen LogP contribution is 2.20. The zero-order valence-electron chi connectivity index (χ0n) is 15.2. The first-order valence-corrected chi connectivity index (χ1v) is 8.57. The van der Waals surface area contributed by atoms with Gasteiger partial charge in [0, 0.05) is 25.8 Å². The largest absolute Gasteiger partial charge is 0.444 e. The van der Waals surface area contributed by atoms with Crippen LogP contribution in [-0.4, -0.2) is 65.5 Å². The molecule has 24 heavy (non-hydrogen) atoms. The minimum Gasteiger partial charge on any atom is -0.444 e. The van der Waals surface area contributed by atoms with E-state index in [1.165, 1.54) is 0 Å². The Bertz CT molecular complexity index is 548. The third-order valence-corrected chi connectivity index (χ3v) is 4.05. The Balaban J connectivity index is 1.81. The minimum atomic E-state index is -0.469. The molecule has 1 amide bonds. The van der Waals surface area contributed by atoms with Crippen molar-refractivity contribution in [2.75, 3.05) is 33.2 Å². The van der Waals surface area contributed by atoms with Crippen LogP contribution in [0.4, 0.5) is 4.79 Å². The fourth-order valence-electron chi connectivity index (χ4n) is 3.05. The number of Topliss-reactive ketones (excluding diaryl/α,β-unsaturated/α-hetero) is 1. The quantitative estimate of drug-likeness (QED) is 0.840. The number of hydrogen-bond donors (Lipinski definition) is 1. The molecule has 1 aromatic heterocycles. The van der Waals surface area contributed by atoms with Gasteiger partial charge < -0.3 is 14.6 Å². The molecule has 2 heterocycles. The first kappa shape index (κ1) is 18.5. The van der Waals surface area contributed by atoms with Gasteiger partial charge in [0.1, 0.15) is 5.60 Å². The number of rotatable bonds is 5. The average molecular weight is 335 g/mol. The summed E-state index contributed by atoms with van der Waals surface area (Å²) >= 11 is 0. The molecule has 6 nitrogen and oxygen atoms in total. The van der Waals surface area contributed by atoms with Gasteiger partial charge in [-0.2, -0.15) is 0 Å². The predicted molar refractivity (Wildman–Crippen MR) is 93.2 cm³/mol. The number of ether oxygens (including phenoxy) is 1. The number of carbonyl (C=O) groups is 2. The van der Waals surface area contributed by atoms with Crippen LogP contribution in [0.5, 0.6) is 0 Å². The molecule has 1 saturated heterocycles. The summed E-state index contributed by atoms with van der Waals surface area (Å²) < 4.78 is 5.46. The molecule has 1 aliphatic rings. The smallest absolute Gasteiger partial charge is 0.410 e. The van der Waals surface area contributed by atoms with Crippen molar-refractivity contribution in [3.63, 3.8) is 0 Å². The van der Waals surface area contributed by atoms with Crippen molar-refractivity contribution in [3.8, 4) is 0 Å². The fraction of sp³-hybridized carbons (Fsp3) is 0.667. The van der Waals surface area contributed by atoms with Gasteiger partial charge in [-0.1, -0.05) is 0 Å². The second kappa shape index (κ2) is 7.83. The molecule has 0 aromatic carbocycles. The number of amides is 1. The van der Waals surface area contributed by atoms with Crippen molar-refractivity contribution in [3.05, 3.63) is 24.0 Å². The van der Waals surface area contributed by atoms with E-state index in [1.54, 1.807) is 17.2 Å². The topological polar surface area (TPSA) is 65.6 Å². The summed E-state index contributed by atoms with van der Waals surface area (Å²) in [6, 6.07) is 3.62.